The number of amides is 1. The summed E-state index contributed by atoms with van der Waals surface area (Å²) in [5, 5.41) is 7.05. The van der Waals surface area contributed by atoms with E-state index in [4.69, 9.17) is 4.74 Å². The van der Waals surface area contributed by atoms with E-state index in [9.17, 15) is 9.00 Å². The second-order valence-corrected chi connectivity index (χ2v) is 6.96. The minimum Gasteiger partial charge on any atom is -0.366 e. The molecule has 1 aromatic heterocycles. The van der Waals surface area contributed by atoms with Gasteiger partial charge in [-0.25, -0.2) is 4.98 Å². The molecule has 1 aliphatic rings. The molecular weight excluding hydrogens is 328 g/mol. The van der Waals surface area contributed by atoms with E-state index >= 15 is 0 Å². The molecule has 0 radical (unpaired) electrons. The predicted octanol–water partition coefficient (Wildman–Crippen LogP) is 1.32. The van der Waals surface area contributed by atoms with E-state index in [0.29, 0.717) is 36.0 Å². The topological polar surface area (TPSA) is 88.2 Å². The molecule has 1 aliphatic heterocycles. The zero-order valence-corrected chi connectivity index (χ0v) is 14.5. The van der Waals surface area contributed by atoms with Crippen LogP contribution in [0.25, 0.3) is 0 Å². The minimum absolute atomic E-state index is 0.0667. The van der Waals surface area contributed by atoms with Crippen LogP contribution in [0.3, 0.4) is 0 Å². The fourth-order valence-corrected chi connectivity index (χ4v) is 3.09. The molecule has 128 valence electrons. The van der Waals surface area contributed by atoms with Gasteiger partial charge in [-0.2, -0.15) is 5.10 Å². The van der Waals surface area contributed by atoms with Crippen LogP contribution in [0, 0.1) is 0 Å². The quantitative estimate of drug-likeness (QED) is 0.900. The van der Waals surface area contributed by atoms with Gasteiger partial charge in [0, 0.05) is 40.5 Å². The van der Waals surface area contributed by atoms with Crippen molar-refractivity contribution in [2.75, 3.05) is 26.0 Å². The van der Waals surface area contributed by atoms with Gasteiger partial charge in [0.15, 0.2) is 5.82 Å². The molecule has 2 aromatic rings. The van der Waals surface area contributed by atoms with Crippen molar-refractivity contribution in [2.45, 2.75) is 24.3 Å². The van der Waals surface area contributed by atoms with Crippen LogP contribution >= 0.6 is 0 Å². The second kappa shape index (κ2) is 7.23. The van der Waals surface area contributed by atoms with Crippen molar-refractivity contribution in [3.63, 3.8) is 0 Å². The highest BCUT2D eigenvalue weighted by Gasteiger charge is 2.28. The maximum atomic E-state index is 12.7. The maximum Gasteiger partial charge on any atom is 0.254 e. The van der Waals surface area contributed by atoms with Crippen LogP contribution in [0.5, 0.6) is 0 Å². The molecule has 1 fully saturated rings. The molecule has 0 saturated carbocycles. The molecule has 0 bridgehead atoms. The summed E-state index contributed by atoms with van der Waals surface area (Å²) >= 11 is 0. The summed E-state index contributed by atoms with van der Waals surface area (Å²) in [5.74, 6) is 1.32. The normalized spacial score (nSPS) is 19.2. The van der Waals surface area contributed by atoms with Gasteiger partial charge in [0.05, 0.1) is 13.2 Å². The molecule has 2 heterocycles. The number of hydrogen-bond acceptors (Lipinski definition) is 5. The molecule has 1 N–H and O–H groups in total. The lowest BCUT2D eigenvalue weighted by Gasteiger charge is -2.31. The Morgan fingerprint density at radius 3 is 2.79 bits per heavy atom. The number of hydrogen-bond donors (Lipinski definition) is 1. The number of nitrogens with one attached hydrogen (secondary N) is 1. The monoisotopic (exact) mass is 348 g/mol. The smallest absolute Gasteiger partial charge is 0.254 e. The number of ether oxygens (including phenoxy) is 1. The number of H-pyrrole nitrogens is 1. The van der Waals surface area contributed by atoms with Gasteiger partial charge in [-0.1, -0.05) is 6.92 Å². The molecular formula is C16H20N4O3S. The summed E-state index contributed by atoms with van der Waals surface area (Å²) in [6, 6.07) is 6.88. The predicted molar refractivity (Wildman–Crippen MR) is 89.1 cm³/mol. The molecule has 0 spiro atoms. The molecule has 3 rings (SSSR count). The Bertz CT molecular complexity index is 744. The number of aromatic amines is 1. The van der Waals surface area contributed by atoms with Crippen molar-refractivity contribution < 1.29 is 13.7 Å². The Morgan fingerprint density at radius 1 is 1.42 bits per heavy atom. The molecule has 7 nitrogen and oxygen atoms in total. The molecule has 0 aliphatic carbocycles. The van der Waals surface area contributed by atoms with Crippen molar-refractivity contribution in [3.8, 4) is 0 Å². The van der Waals surface area contributed by atoms with Crippen LogP contribution in [0.4, 0.5) is 0 Å². The van der Waals surface area contributed by atoms with E-state index < -0.39 is 10.8 Å². The number of benzene rings is 1. The lowest BCUT2D eigenvalue weighted by Crippen LogP contribution is -2.42. The van der Waals surface area contributed by atoms with Gasteiger partial charge in [-0.15, -0.1) is 0 Å². The SMILES string of the molecule is CCc1nc(C2CN(C(=O)c3ccc(S(C)=O)cc3)CCO2)n[nH]1. The summed E-state index contributed by atoms with van der Waals surface area (Å²) in [5.41, 5.74) is 0.578. The van der Waals surface area contributed by atoms with E-state index in [-0.39, 0.29) is 12.0 Å². The number of nitrogens with zero attached hydrogens (tertiary/aromatic N) is 3. The highest BCUT2D eigenvalue weighted by molar-refractivity contribution is 7.84. The van der Waals surface area contributed by atoms with Gasteiger partial charge in [0.25, 0.3) is 5.91 Å². The molecule has 1 saturated heterocycles. The fourth-order valence-electron chi connectivity index (χ4n) is 2.57. The fraction of sp³-hybridized carbons (Fsp3) is 0.438. The molecule has 1 amide bonds. The summed E-state index contributed by atoms with van der Waals surface area (Å²) in [7, 11) is -1.05. The van der Waals surface area contributed by atoms with Crippen LogP contribution in [-0.2, 0) is 22.0 Å². The Labute approximate surface area is 142 Å². The Kier molecular flexibility index (Phi) is 5.06. The van der Waals surface area contributed by atoms with Crippen LogP contribution in [0.15, 0.2) is 29.2 Å². The minimum atomic E-state index is -1.05. The number of carbonyl (C=O) groups excluding carboxylic acids is 1. The van der Waals surface area contributed by atoms with Gasteiger partial charge in [0.2, 0.25) is 0 Å². The van der Waals surface area contributed by atoms with E-state index in [1.54, 1.807) is 35.4 Å². The second-order valence-electron chi connectivity index (χ2n) is 5.58. The lowest BCUT2D eigenvalue weighted by atomic mass is 10.1. The Morgan fingerprint density at radius 2 is 2.17 bits per heavy atom. The van der Waals surface area contributed by atoms with Gasteiger partial charge in [-0.3, -0.25) is 14.1 Å². The van der Waals surface area contributed by atoms with E-state index in [1.807, 2.05) is 6.92 Å². The molecule has 8 heteroatoms. The summed E-state index contributed by atoms with van der Waals surface area (Å²) in [6.07, 6.45) is 2.07. The molecule has 2 atom stereocenters. The lowest BCUT2D eigenvalue weighted by molar-refractivity contribution is -0.0266. The third kappa shape index (κ3) is 3.54. The maximum absolute atomic E-state index is 12.7. The van der Waals surface area contributed by atoms with Crippen LogP contribution < -0.4 is 0 Å². The average Bonchev–Trinajstić information content (AvgIpc) is 3.10. The van der Waals surface area contributed by atoms with Crippen LogP contribution in [0.2, 0.25) is 0 Å². The largest absolute Gasteiger partial charge is 0.366 e. The van der Waals surface area contributed by atoms with Gasteiger partial charge in [0.1, 0.15) is 11.9 Å². The highest BCUT2D eigenvalue weighted by atomic mass is 32.2. The number of rotatable bonds is 4. The van der Waals surface area contributed by atoms with E-state index in [2.05, 4.69) is 15.2 Å². The van der Waals surface area contributed by atoms with Crippen molar-refractivity contribution in [2.24, 2.45) is 0 Å². The average molecular weight is 348 g/mol. The standard InChI is InChI=1S/C16H20N4O3S/c1-3-14-17-15(19-18-14)13-10-20(8-9-23-13)16(21)11-4-6-12(7-5-11)24(2)22/h4-7,13H,3,8-10H2,1-2H3,(H,17,18,19). The number of aryl methyl sites for hydroxylation is 1. The summed E-state index contributed by atoms with van der Waals surface area (Å²) in [4.78, 5) is 19.5. The first-order valence-corrected chi connectivity index (χ1v) is 9.40. The van der Waals surface area contributed by atoms with Crippen molar-refractivity contribution >= 4 is 16.7 Å². The summed E-state index contributed by atoms with van der Waals surface area (Å²) in [6.45, 7) is 3.39. The van der Waals surface area contributed by atoms with E-state index in [1.165, 1.54) is 0 Å². The zero-order valence-electron chi connectivity index (χ0n) is 13.7. The Hall–Kier alpha value is -2.06. The van der Waals surface area contributed by atoms with Crippen LogP contribution in [-0.4, -0.2) is 56.1 Å². The van der Waals surface area contributed by atoms with Crippen molar-refractivity contribution in [1.82, 2.24) is 20.1 Å². The van der Waals surface area contributed by atoms with E-state index in [0.717, 1.165) is 12.2 Å². The number of morpholine rings is 1. The highest BCUT2D eigenvalue weighted by Crippen LogP contribution is 2.21. The third-order valence-electron chi connectivity index (χ3n) is 3.96. The number of aromatic nitrogens is 3. The third-order valence-corrected chi connectivity index (χ3v) is 4.89. The van der Waals surface area contributed by atoms with Crippen LogP contribution in [0.1, 0.15) is 35.0 Å². The zero-order chi connectivity index (χ0) is 17.1. The summed E-state index contributed by atoms with van der Waals surface area (Å²) < 4.78 is 17.1. The first kappa shape index (κ1) is 16.8. The first-order valence-electron chi connectivity index (χ1n) is 7.84. The Balaban J connectivity index is 1.71. The van der Waals surface area contributed by atoms with Crippen molar-refractivity contribution in [1.29, 1.82) is 0 Å². The molecule has 2 unspecified atom stereocenters. The number of carbonyl (C=O) groups is 1. The van der Waals surface area contributed by atoms with Gasteiger partial charge in [-0.05, 0) is 24.3 Å². The first-order chi connectivity index (χ1) is 11.6. The molecule has 24 heavy (non-hydrogen) atoms. The van der Waals surface area contributed by atoms with Crippen molar-refractivity contribution in [3.05, 3.63) is 41.5 Å². The van der Waals surface area contributed by atoms with Gasteiger partial charge >= 0.3 is 0 Å². The molecule has 1 aromatic carbocycles. The van der Waals surface area contributed by atoms with Gasteiger partial charge < -0.3 is 9.64 Å².